The van der Waals surface area contributed by atoms with Gasteiger partial charge in [-0.3, -0.25) is 4.90 Å². The minimum Gasteiger partial charge on any atom is -0.398 e. The molecule has 1 saturated heterocycles. The summed E-state index contributed by atoms with van der Waals surface area (Å²) in [6.07, 6.45) is 9.14. The summed E-state index contributed by atoms with van der Waals surface area (Å²) in [5.74, 6) is 0. The highest BCUT2D eigenvalue weighted by Crippen LogP contribution is 2.21. The van der Waals surface area contributed by atoms with Gasteiger partial charge in [-0.1, -0.05) is 56.5 Å². The zero-order valence-corrected chi connectivity index (χ0v) is 19.7. The van der Waals surface area contributed by atoms with Crippen molar-refractivity contribution in [2.24, 2.45) is 0 Å². The summed E-state index contributed by atoms with van der Waals surface area (Å²) < 4.78 is 0. The normalized spacial score (nSPS) is 15.4. The number of piperazine rings is 1. The van der Waals surface area contributed by atoms with Crippen LogP contribution in [0.15, 0.2) is 42.5 Å². The van der Waals surface area contributed by atoms with Gasteiger partial charge in [-0.25, -0.2) is 0 Å². The van der Waals surface area contributed by atoms with Gasteiger partial charge in [0.15, 0.2) is 0 Å². The summed E-state index contributed by atoms with van der Waals surface area (Å²) in [5.41, 5.74) is 17.7. The summed E-state index contributed by atoms with van der Waals surface area (Å²) in [7, 11) is 0. The standard InChI is InChI=1S/C27H39N5/c1-3-4-5-6-12-31-13-15-32(16-14-31)20-23-9-7-8-22(18-23)10-11-25(28)24-19-26(29)21(2)17-27(24)30/h7-11,17-19,28H,3-6,12-16,20,29-30H2,1-2H3/b11-10+,28-25?. The maximum absolute atomic E-state index is 8.40. The number of allylic oxidation sites excluding steroid dienone is 1. The van der Waals surface area contributed by atoms with Crippen LogP contribution in [0, 0.1) is 12.3 Å². The van der Waals surface area contributed by atoms with Gasteiger partial charge in [-0.05, 0) is 54.8 Å². The van der Waals surface area contributed by atoms with E-state index in [2.05, 4.69) is 41.0 Å². The third-order valence-electron chi connectivity index (χ3n) is 6.32. The van der Waals surface area contributed by atoms with Gasteiger partial charge in [0.25, 0.3) is 0 Å². The second-order valence-corrected chi connectivity index (χ2v) is 8.97. The number of aryl methyl sites for hydroxylation is 1. The summed E-state index contributed by atoms with van der Waals surface area (Å²) in [4.78, 5) is 5.16. The van der Waals surface area contributed by atoms with Crippen LogP contribution >= 0.6 is 0 Å². The fourth-order valence-corrected chi connectivity index (χ4v) is 4.24. The molecular formula is C27H39N5. The van der Waals surface area contributed by atoms with Crippen molar-refractivity contribution in [2.45, 2.75) is 46.1 Å². The average molecular weight is 434 g/mol. The number of hydrogen-bond donors (Lipinski definition) is 3. The molecule has 3 rings (SSSR count). The van der Waals surface area contributed by atoms with Gasteiger partial charge in [0.1, 0.15) is 0 Å². The molecule has 1 aliphatic heterocycles. The third kappa shape index (κ3) is 6.94. The van der Waals surface area contributed by atoms with E-state index in [1.807, 2.05) is 19.1 Å². The molecule has 1 aliphatic rings. The van der Waals surface area contributed by atoms with Crippen molar-refractivity contribution in [1.29, 1.82) is 5.41 Å². The van der Waals surface area contributed by atoms with Crippen LogP contribution in [0.1, 0.15) is 54.9 Å². The molecule has 5 heteroatoms. The van der Waals surface area contributed by atoms with Crippen molar-refractivity contribution in [1.82, 2.24) is 9.80 Å². The van der Waals surface area contributed by atoms with E-state index in [1.165, 1.54) is 50.9 Å². The van der Waals surface area contributed by atoms with Gasteiger partial charge in [0.2, 0.25) is 0 Å². The van der Waals surface area contributed by atoms with E-state index in [4.69, 9.17) is 16.9 Å². The Hall–Kier alpha value is -2.63. The van der Waals surface area contributed by atoms with Crippen LogP contribution in [-0.2, 0) is 6.54 Å². The van der Waals surface area contributed by atoms with Gasteiger partial charge < -0.3 is 21.8 Å². The van der Waals surface area contributed by atoms with E-state index in [0.29, 0.717) is 22.6 Å². The minimum atomic E-state index is 0.370. The number of nitrogens with two attached hydrogens (primary N) is 2. The van der Waals surface area contributed by atoms with Crippen LogP contribution in [0.3, 0.4) is 0 Å². The number of hydrogen-bond acceptors (Lipinski definition) is 5. The summed E-state index contributed by atoms with van der Waals surface area (Å²) in [5, 5.41) is 8.40. The maximum Gasteiger partial charge on any atom is 0.0633 e. The molecule has 0 saturated carbocycles. The monoisotopic (exact) mass is 433 g/mol. The Morgan fingerprint density at radius 3 is 2.47 bits per heavy atom. The first-order valence-corrected chi connectivity index (χ1v) is 11.9. The topological polar surface area (TPSA) is 82.4 Å². The Labute approximate surface area is 193 Å². The van der Waals surface area contributed by atoms with Gasteiger partial charge in [0, 0.05) is 49.7 Å². The van der Waals surface area contributed by atoms with E-state index in [1.54, 1.807) is 12.1 Å². The minimum absolute atomic E-state index is 0.370. The highest BCUT2D eigenvalue weighted by molar-refractivity contribution is 6.12. The molecule has 0 radical (unpaired) electrons. The lowest BCUT2D eigenvalue weighted by Gasteiger charge is -2.34. The van der Waals surface area contributed by atoms with Crippen molar-refractivity contribution in [3.05, 3.63) is 64.7 Å². The Morgan fingerprint density at radius 2 is 1.72 bits per heavy atom. The van der Waals surface area contributed by atoms with E-state index < -0.39 is 0 Å². The molecule has 0 spiro atoms. The Balaban J connectivity index is 1.53. The molecule has 5 nitrogen and oxygen atoms in total. The number of nitrogens with one attached hydrogen (secondary N) is 1. The first kappa shape index (κ1) is 24.0. The smallest absolute Gasteiger partial charge is 0.0633 e. The number of benzene rings is 2. The second kappa shape index (κ2) is 11.8. The highest BCUT2D eigenvalue weighted by atomic mass is 15.3. The zero-order chi connectivity index (χ0) is 22.9. The van der Waals surface area contributed by atoms with E-state index in [9.17, 15) is 0 Å². The van der Waals surface area contributed by atoms with Crippen molar-refractivity contribution < 1.29 is 0 Å². The fourth-order valence-electron chi connectivity index (χ4n) is 4.24. The van der Waals surface area contributed by atoms with Crippen LogP contribution in [-0.4, -0.2) is 48.2 Å². The number of nitrogen functional groups attached to an aromatic ring is 2. The fraction of sp³-hybridized carbons (Fsp3) is 0.444. The number of unbranched alkanes of at least 4 members (excludes halogenated alkanes) is 3. The molecule has 32 heavy (non-hydrogen) atoms. The molecule has 1 fully saturated rings. The SMILES string of the molecule is CCCCCCN1CCN(Cc2cccc(/C=C/C(=N)c3cc(N)c(C)cc3N)c2)CC1. The van der Waals surface area contributed by atoms with Crippen molar-refractivity contribution in [3.63, 3.8) is 0 Å². The molecule has 0 bridgehead atoms. The van der Waals surface area contributed by atoms with Crippen LogP contribution in [0.25, 0.3) is 6.08 Å². The maximum atomic E-state index is 8.40. The molecule has 0 amide bonds. The van der Waals surface area contributed by atoms with Crippen LogP contribution in [0.5, 0.6) is 0 Å². The second-order valence-electron chi connectivity index (χ2n) is 8.97. The quantitative estimate of drug-likeness (QED) is 0.282. The largest absolute Gasteiger partial charge is 0.398 e. The molecule has 2 aromatic rings. The highest BCUT2D eigenvalue weighted by Gasteiger charge is 2.16. The third-order valence-corrected chi connectivity index (χ3v) is 6.32. The lowest BCUT2D eigenvalue weighted by atomic mass is 10.0. The predicted octanol–water partition coefficient (Wildman–Crippen LogP) is 4.94. The molecule has 0 atom stereocenters. The summed E-state index contributed by atoms with van der Waals surface area (Å²) >= 11 is 0. The molecule has 2 aromatic carbocycles. The molecule has 0 aliphatic carbocycles. The molecule has 1 heterocycles. The number of rotatable bonds is 10. The zero-order valence-electron chi connectivity index (χ0n) is 19.7. The van der Waals surface area contributed by atoms with Gasteiger partial charge >= 0.3 is 0 Å². The van der Waals surface area contributed by atoms with Crippen LogP contribution in [0.4, 0.5) is 11.4 Å². The number of nitrogens with zero attached hydrogens (tertiary/aromatic N) is 2. The van der Waals surface area contributed by atoms with Crippen molar-refractivity contribution >= 4 is 23.2 Å². The molecule has 172 valence electrons. The first-order chi connectivity index (χ1) is 15.5. The van der Waals surface area contributed by atoms with E-state index >= 15 is 0 Å². The van der Waals surface area contributed by atoms with Gasteiger partial charge in [-0.15, -0.1) is 0 Å². The molecule has 5 N–H and O–H groups in total. The molecule has 0 aromatic heterocycles. The molecule has 0 unspecified atom stereocenters. The van der Waals surface area contributed by atoms with E-state index in [-0.39, 0.29) is 0 Å². The van der Waals surface area contributed by atoms with Crippen LogP contribution < -0.4 is 11.5 Å². The summed E-state index contributed by atoms with van der Waals surface area (Å²) in [6, 6.07) is 12.2. The lowest BCUT2D eigenvalue weighted by molar-refractivity contribution is 0.125. The Morgan fingerprint density at radius 1 is 0.969 bits per heavy atom. The van der Waals surface area contributed by atoms with Crippen LogP contribution in [0.2, 0.25) is 0 Å². The van der Waals surface area contributed by atoms with Gasteiger partial charge in [0.05, 0.1) is 5.71 Å². The van der Waals surface area contributed by atoms with E-state index in [0.717, 1.165) is 30.8 Å². The average Bonchev–Trinajstić information content (AvgIpc) is 2.79. The van der Waals surface area contributed by atoms with Gasteiger partial charge in [-0.2, -0.15) is 0 Å². The first-order valence-electron chi connectivity index (χ1n) is 11.9. The number of anilines is 2. The lowest BCUT2D eigenvalue weighted by Crippen LogP contribution is -2.46. The van der Waals surface area contributed by atoms with Crippen molar-refractivity contribution in [3.8, 4) is 0 Å². The summed E-state index contributed by atoms with van der Waals surface area (Å²) in [6.45, 7) is 11.0. The Kier molecular flexibility index (Phi) is 8.89. The Bertz CT molecular complexity index is 926. The molecular weight excluding hydrogens is 394 g/mol. The van der Waals surface area contributed by atoms with Crippen molar-refractivity contribution in [2.75, 3.05) is 44.2 Å². The predicted molar refractivity (Wildman–Crippen MR) is 138 cm³/mol.